The van der Waals surface area contributed by atoms with Gasteiger partial charge in [-0.25, -0.2) is 9.50 Å². The van der Waals surface area contributed by atoms with Gasteiger partial charge in [0.25, 0.3) is 0 Å². The molecule has 8 heteroatoms. The van der Waals surface area contributed by atoms with Crippen LogP contribution in [-0.2, 0) is 6.18 Å². The Morgan fingerprint density at radius 3 is 2.58 bits per heavy atom. The molecule has 0 fully saturated rings. The van der Waals surface area contributed by atoms with E-state index in [9.17, 15) is 13.2 Å². The van der Waals surface area contributed by atoms with Gasteiger partial charge in [0.15, 0.2) is 0 Å². The predicted molar refractivity (Wildman–Crippen MR) is 66.3 cm³/mol. The first-order chi connectivity index (χ1) is 8.95. The molecule has 0 amide bonds. The fraction of sp³-hybridized carbons (Fsp3) is 0.0909. The Kier molecular flexibility index (Phi) is 2.75. The van der Waals surface area contributed by atoms with Gasteiger partial charge in [-0.3, -0.25) is 0 Å². The van der Waals surface area contributed by atoms with E-state index < -0.39 is 11.2 Å². The molecule has 1 aromatic carbocycles. The van der Waals surface area contributed by atoms with Crippen LogP contribution in [0.25, 0.3) is 16.2 Å². The van der Waals surface area contributed by atoms with Gasteiger partial charge in [0.2, 0.25) is 9.97 Å². The summed E-state index contributed by atoms with van der Waals surface area (Å²) in [7, 11) is 0. The fourth-order valence-electron chi connectivity index (χ4n) is 1.61. The summed E-state index contributed by atoms with van der Waals surface area (Å²) in [5, 5.41) is 3.04. The molecule has 19 heavy (non-hydrogen) atoms. The van der Waals surface area contributed by atoms with Gasteiger partial charge < -0.3 is 0 Å². The second-order valence-corrected chi connectivity index (χ2v) is 5.10. The maximum absolute atomic E-state index is 12.5. The molecular weight excluding hydrogens is 299 g/mol. The van der Waals surface area contributed by atoms with E-state index in [1.165, 1.54) is 6.20 Å². The normalized spacial score (nSPS) is 12.2. The third kappa shape index (κ3) is 2.19. The molecule has 3 aromatic rings. The highest BCUT2D eigenvalue weighted by Gasteiger charge is 2.35. The van der Waals surface area contributed by atoms with Crippen molar-refractivity contribution in [2.45, 2.75) is 6.18 Å². The molecule has 0 atom stereocenters. The van der Waals surface area contributed by atoms with Crippen LogP contribution >= 0.6 is 22.9 Å². The van der Waals surface area contributed by atoms with Crippen molar-refractivity contribution in [3.05, 3.63) is 40.5 Å². The van der Waals surface area contributed by atoms with E-state index in [4.69, 9.17) is 11.6 Å². The van der Waals surface area contributed by atoms with Crippen molar-refractivity contribution in [2.24, 2.45) is 0 Å². The second-order valence-electron chi connectivity index (χ2n) is 3.74. The lowest BCUT2D eigenvalue weighted by Gasteiger charge is -1.99. The number of alkyl halides is 3. The summed E-state index contributed by atoms with van der Waals surface area (Å²) in [6.45, 7) is 0. The van der Waals surface area contributed by atoms with Crippen molar-refractivity contribution in [3.63, 3.8) is 0 Å². The zero-order valence-electron chi connectivity index (χ0n) is 9.15. The number of fused-ring (bicyclic) bond motifs is 1. The number of nitrogens with zero attached hydrogens (tertiary/aromatic N) is 3. The Hall–Kier alpha value is -1.60. The van der Waals surface area contributed by atoms with E-state index in [-0.39, 0.29) is 4.96 Å². The van der Waals surface area contributed by atoms with E-state index in [1.807, 2.05) is 0 Å². The number of hydrogen-bond acceptors (Lipinski definition) is 3. The van der Waals surface area contributed by atoms with Crippen LogP contribution < -0.4 is 0 Å². The Morgan fingerprint density at radius 2 is 1.95 bits per heavy atom. The van der Waals surface area contributed by atoms with Gasteiger partial charge in [-0.2, -0.15) is 13.2 Å². The maximum atomic E-state index is 12.5. The van der Waals surface area contributed by atoms with Crippen molar-refractivity contribution < 1.29 is 13.2 Å². The average molecular weight is 304 g/mol. The van der Waals surface area contributed by atoms with E-state index in [0.717, 1.165) is 4.52 Å². The van der Waals surface area contributed by atoms with Gasteiger partial charge >= 0.3 is 6.18 Å². The van der Waals surface area contributed by atoms with Gasteiger partial charge in [0, 0.05) is 5.56 Å². The Morgan fingerprint density at radius 1 is 1.21 bits per heavy atom. The zero-order chi connectivity index (χ0) is 13.6. The highest BCUT2D eigenvalue weighted by molar-refractivity contribution is 7.16. The lowest BCUT2D eigenvalue weighted by atomic mass is 10.2. The van der Waals surface area contributed by atoms with Gasteiger partial charge in [-0.1, -0.05) is 41.1 Å². The lowest BCUT2D eigenvalue weighted by Crippen LogP contribution is -2.04. The molecular formula is C11H5ClF3N3S. The van der Waals surface area contributed by atoms with Crippen molar-refractivity contribution >= 4 is 27.9 Å². The Bertz CT molecular complexity index is 716. The monoisotopic (exact) mass is 303 g/mol. The minimum Gasteiger partial charge on any atom is -0.217 e. The molecule has 2 heterocycles. The number of aromatic nitrogens is 3. The van der Waals surface area contributed by atoms with Crippen LogP contribution in [0.3, 0.4) is 0 Å². The van der Waals surface area contributed by atoms with Gasteiger partial charge in [0.1, 0.15) is 0 Å². The maximum Gasteiger partial charge on any atom is 0.445 e. The molecule has 0 saturated carbocycles. The molecule has 0 spiro atoms. The van der Waals surface area contributed by atoms with Crippen molar-refractivity contribution in [1.82, 2.24) is 14.6 Å². The average Bonchev–Trinajstić information content (AvgIpc) is 2.86. The minimum atomic E-state index is -4.45. The standard InChI is InChI=1S/C11H5ClF3N3S/c12-7-4-2-1-3-6(7)8-5-18-10(16-8)19-9(17-18)11(13,14)15/h1-5H. The van der Waals surface area contributed by atoms with Crippen LogP contribution in [0.15, 0.2) is 30.5 Å². The van der Waals surface area contributed by atoms with Crippen LogP contribution in [0, 0.1) is 0 Å². The van der Waals surface area contributed by atoms with E-state index in [0.29, 0.717) is 27.6 Å². The topological polar surface area (TPSA) is 30.2 Å². The van der Waals surface area contributed by atoms with E-state index >= 15 is 0 Å². The van der Waals surface area contributed by atoms with Gasteiger partial charge in [0.05, 0.1) is 16.9 Å². The molecule has 2 aromatic heterocycles. The highest BCUT2D eigenvalue weighted by Crippen LogP contribution is 2.34. The zero-order valence-corrected chi connectivity index (χ0v) is 10.7. The summed E-state index contributed by atoms with van der Waals surface area (Å²) in [6, 6.07) is 6.99. The molecule has 0 bridgehead atoms. The van der Waals surface area contributed by atoms with E-state index in [2.05, 4.69) is 10.1 Å². The predicted octanol–water partition coefficient (Wildman–Crippen LogP) is 4.13. The van der Waals surface area contributed by atoms with Crippen LogP contribution in [0.5, 0.6) is 0 Å². The summed E-state index contributed by atoms with van der Waals surface area (Å²) in [5.74, 6) is 0. The Balaban J connectivity index is 2.09. The summed E-state index contributed by atoms with van der Waals surface area (Å²) in [5.41, 5.74) is 1.16. The minimum absolute atomic E-state index is 0.183. The molecule has 0 saturated heterocycles. The van der Waals surface area contributed by atoms with Crippen molar-refractivity contribution in [1.29, 1.82) is 0 Å². The van der Waals surface area contributed by atoms with Crippen LogP contribution in [0.1, 0.15) is 5.01 Å². The van der Waals surface area contributed by atoms with E-state index in [1.54, 1.807) is 24.3 Å². The first-order valence-electron chi connectivity index (χ1n) is 5.13. The van der Waals surface area contributed by atoms with Crippen LogP contribution in [0.4, 0.5) is 13.2 Å². The summed E-state index contributed by atoms with van der Waals surface area (Å²) in [6.07, 6.45) is -3.02. The number of benzene rings is 1. The molecule has 0 aliphatic rings. The Labute approximate surface area is 114 Å². The SMILES string of the molecule is FC(F)(F)c1nn2cc(-c3ccccc3Cl)nc2s1. The molecule has 98 valence electrons. The number of hydrogen-bond donors (Lipinski definition) is 0. The number of rotatable bonds is 1. The molecule has 0 radical (unpaired) electrons. The summed E-state index contributed by atoms with van der Waals surface area (Å²) >= 11 is 6.51. The molecule has 0 N–H and O–H groups in total. The molecule has 3 nitrogen and oxygen atoms in total. The third-order valence-corrected chi connectivity index (χ3v) is 3.73. The molecule has 0 aliphatic heterocycles. The first-order valence-corrected chi connectivity index (χ1v) is 6.33. The lowest BCUT2D eigenvalue weighted by molar-refractivity contribution is -0.138. The number of halogens is 4. The van der Waals surface area contributed by atoms with Gasteiger partial charge in [-0.15, -0.1) is 5.10 Å². The fourth-order valence-corrected chi connectivity index (χ4v) is 2.59. The molecule has 3 rings (SSSR count). The van der Waals surface area contributed by atoms with Gasteiger partial charge in [-0.05, 0) is 6.07 Å². The third-order valence-electron chi connectivity index (χ3n) is 2.44. The second kappa shape index (κ2) is 4.21. The molecule has 0 aliphatic carbocycles. The van der Waals surface area contributed by atoms with Crippen LogP contribution in [0.2, 0.25) is 5.02 Å². The van der Waals surface area contributed by atoms with Crippen LogP contribution in [-0.4, -0.2) is 14.6 Å². The van der Waals surface area contributed by atoms with Crippen molar-refractivity contribution in [3.8, 4) is 11.3 Å². The largest absolute Gasteiger partial charge is 0.445 e. The molecule has 0 unspecified atom stereocenters. The number of imidazole rings is 1. The highest BCUT2D eigenvalue weighted by atomic mass is 35.5. The first kappa shape index (κ1) is 12.4. The smallest absolute Gasteiger partial charge is 0.217 e. The summed E-state index contributed by atoms with van der Waals surface area (Å²) < 4.78 is 38.5. The summed E-state index contributed by atoms with van der Waals surface area (Å²) in [4.78, 5) is 4.30. The quantitative estimate of drug-likeness (QED) is 0.676. The van der Waals surface area contributed by atoms with Crippen molar-refractivity contribution in [2.75, 3.05) is 0 Å².